The summed E-state index contributed by atoms with van der Waals surface area (Å²) in [5.41, 5.74) is 3.63. The number of methoxy groups -OCH3 is 1. The summed E-state index contributed by atoms with van der Waals surface area (Å²) in [5, 5.41) is 3.57. The maximum absolute atomic E-state index is 11.6. The second-order valence-corrected chi connectivity index (χ2v) is 6.30. The molecular weight excluding hydrogens is 286 g/mol. The molecule has 3 nitrogen and oxygen atoms in total. The minimum atomic E-state index is -0.128. The molecule has 0 amide bonds. The molecule has 0 aromatic heterocycles. The average molecular weight is 309 g/mol. The van der Waals surface area contributed by atoms with Crippen molar-refractivity contribution >= 4 is 5.97 Å². The lowest BCUT2D eigenvalue weighted by Crippen LogP contribution is -2.52. The molecule has 1 aliphatic rings. The summed E-state index contributed by atoms with van der Waals surface area (Å²) in [5.74, 6) is -0.128. The Labute approximate surface area is 137 Å². The highest BCUT2D eigenvalue weighted by molar-refractivity contribution is 5.71. The van der Waals surface area contributed by atoms with Gasteiger partial charge in [0.2, 0.25) is 0 Å². The number of hydrogen-bond acceptors (Lipinski definition) is 3. The van der Waals surface area contributed by atoms with Gasteiger partial charge in [0.15, 0.2) is 0 Å². The van der Waals surface area contributed by atoms with E-state index in [1.807, 2.05) is 6.07 Å². The van der Waals surface area contributed by atoms with Crippen molar-refractivity contribution in [3.05, 3.63) is 60.2 Å². The number of benzene rings is 2. The van der Waals surface area contributed by atoms with Crippen molar-refractivity contribution in [2.45, 2.75) is 37.8 Å². The highest BCUT2D eigenvalue weighted by Crippen LogP contribution is 2.35. The Hall–Kier alpha value is -2.13. The smallest absolute Gasteiger partial charge is 0.307 e. The van der Waals surface area contributed by atoms with Gasteiger partial charge in [0.25, 0.3) is 0 Å². The van der Waals surface area contributed by atoms with Crippen LogP contribution in [0.3, 0.4) is 0 Å². The molecule has 1 fully saturated rings. The summed E-state index contributed by atoms with van der Waals surface area (Å²) in [7, 11) is 1.46. The third kappa shape index (κ3) is 3.80. The van der Waals surface area contributed by atoms with Crippen molar-refractivity contribution in [1.82, 2.24) is 5.32 Å². The summed E-state index contributed by atoms with van der Waals surface area (Å²) in [4.78, 5) is 11.6. The summed E-state index contributed by atoms with van der Waals surface area (Å²) < 4.78 is 4.82. The molecule has 0 aliphatic heterocycles. The van der Waals surface area contributed by atoms with Crippen molar-refractivity contribution in [3.8, 4) is 11.1 Å². The van der Waals surface area contributed by atoms with Crippen LogP contribution in [0.2, 0.25) is 0 Å². The van der Waals surface area contributed by atoms with Gasteiger partial charge in [-0.1, -0.05) is 54.6 Å². The predicted octanol–water partition coefficient (Wildman–Crippen LogP) is 3.93. The van der Waals surface area contributed by atoms with Crippen molar-refractivity contribution in [3.63, 3.8) is 0 Å². The first-order valence-electron chi connectivity index (χ1n) is 8.17. The maximum Gasteiger partial charge on any atom is 0.307 e. The Morgan fingerprint density at radius 2 is 1.70 bits per heavy atom. The summed E-state index contributed by atoms with van der Waals surface area (Å²) in [6.07, 6.45) is 3.73. The van der Waals surface area contributed by atoms with Crippen LogP contribution in [0.5, 0.6) is 0 Å². The molecule has 0 heterocycles. The normalized spacial score (nSPS) is 15.7. The fraction of sp³-hybridized carbons (Fsp3) is 0.350. The molecule has 0 unspecified atom stereocenters. The third-order valence-corrected chi connectivity index (χ3v) is 4.75. The number of hydrogen-bond donors (Lipinski definition) is 1. The van der Waals surface area contributed by atoms with Gasteiger partial charge in [-0.2, -0.15) is 0 Å². The highest BCUT2D eigenvalue weighted by atomic mass is 16.5. The minimum Gasteiger partial charge on any atom is -0.469 e. The number of esters is 1. The van der Waals surface area contributed by atoms with Gasteiger partial charge in [-0.3, -0.25) is 4.79 Å². The summed E-state index contributed by atoms with van der Waals surface area (Å²) in [6, 6.07) is 19.0. The molecular formula is C20H23NO2. The van der Waals surface area contributed by atoms with Crippen LogP contribution >= 0.6 is 0 Å². The zero-order valence-electron chi connectivity index (χ0n) is 13.5. The van der Waals surface area contributed by atoms with E-state index in [-0.39, 0.29) is 11.5 Å². The van der Waals surface area contributed by atoms with E-state index in [2.05, 4.69) is 53.8 Å². The van der Waals surface area contributed by atoms with E-state index in [0.717, 1.165) is 19.4 Å². The van der Waals surface area contributed by atoms with Crippen LogP contribution in [-0.2, 0) is 16.1 Å². The van der Waals surface area contributed by atoms with E-state index in [9.17, 15) is 4.79 Å². The van der Waals surface area contributed by atoms with Gasteiger partial charge in [-0.25, -0.2) is 0 Å². The van der Waals surface area contributed by atoms with Crippen molar-refractivity contribution in [1.29, 1.82) is 0 Å². The van der Waals surface area contributed by atoms with Crippen LogP contribution in [0.4, 0.5) is 0 Å². The Kier molecular flexibility index (Phi) is 4.77. The molecule has 1 aliphatic carbocycles. The molecule has 0 radical (unpaired) electrons. The summed E-state index contributed by atoms with van der Waals surface area (Å²) in [6.45, 7) is 0.784. The van der Waals surface area contributed by atoms with Crippen LogP contribution in [-0.4, -0.2) is 18.6 Å². The molecule has 2 aromatic rings. The van der Waals surface area contributed by atoms with E-state index < -0.39 is 0 Å². The lowest BCUT2D eigenvalue weighted by molar-refractivity contribution is -0.143. The number of carbonyl (C=O) groups excluding carboxylic acids is 1. The molecule has 0 atom stereocenters. The van der Waals surface area contributed by atoms with E-state index in [4.69, 9.17) is 4.74 Å². The standard InChI is InChI=1S/C20H23NO2/c1-23-19(22)14-20(12-5-13-20)21-15-16-8-10-18(11-9-16)17-6-3-2-4-7-17/h2-4,6-11,21H,5,12-15H2,1H3. The molecule has 3 heteroatoms. The predicted molar refractivity (Wildman–Crippen MR) is 91.9 cm³/mol. The molecule has 2 aromatic carbocycles. The lowest BCUT2D eigenvalue weighted by Gasteiger charge is -2.42. The average Bonchev–Trinajstić information content (AvgIpc) is 2.58. The molecule has 3 rings (SSSR count). The van der Waals surface area contributed by atoms with Crippen molar-refractivity contribution < 1.29 is 9.53 Å². The Bertz CT molecular complexity index is 645. The van der Waals surface area contributed by atoms with Crippen molar-refractivity contribution in [2.24, 2.45) is 0 Å². The minimum absolute atomic E-state index is 0.0643. The number of carbonyl (C=O) groups is 1. The maximum atomic E-state index is 11.6. The lowest BCUT2D eigenvalue weighted by atomic mass is 9.74. The first-order chi connectivity index (χ1) is 11.2. The van der Waals surface area contributed by atoms with E-state index in [1.165, 1.54) is 30.2 Å². The monoisotopic (exact) mass is 309 g/mol. The first-order valence-corrected chi connectivity index (χ1v) is 8.17. The Balaban J connectivity index is 1.61. The van der Waals surface area contributed by atoms with Gasteiger partial charge in [0, 0.05) is 12.1 Å². The fourth-order valence-corrected chi connectivity index (χ4v) is 3.10. The van der Waals surface area contributed by atoms with Crippen LogP contribution in [0, 0.1) is 0 Å². The van der Waals surface area contributed by atoms with E-state index in [0.29, 0.717) is 6.42 Å². The topological polar surface area (TPSA) is 38.3 Å². The fourth-order valence-electron chi connectivity index (χ4n) is 3.10. The highest BCUT2D eigenvalue weighted by Gasteiger charge is 2.38. The van der Waals surface area contributed by atoms with Crippen LogP contribution in [0.15, 0.2) is 54.6 Å². The SMILES string of the molecule is COC(=O)CC1(NCc2ccc(-c3ccccc3)cc2)CCC1. The molecule has 0 spiro atoms. The zero-order chi connectivity index (χ0) is 16.1. The quantitative estimate of drug-likeness (QED) is 0.822. The Morgan fingerprint density at radius 1 is 1.04 bits per heavy atom. The van der Waals surface area contributed by atoms with E-state index in [1.54, 1.807) is 0 Å². The number of ether oxygens (including phenoxy) is 1. The van der Waals surface area contributed by atoms with Crippen molar-refractivity contribution in [2.75, 3.05) is 7.11 Å². The van der Waals surface area contributed by atoms with Crippen LogP contribution in [0.1, 0.15) is 31.2 Å². The largest absolute Gasteiger partial charge is 0.469 e. The van der Waals surface area contributed by atoms with Gasteiger partial charge >= 0.3 is 5.97 Å². The molecule has 1 N–H and O–H groups in total. The molecule has 0 saturated heterocycles. The van der Waals surface area contributed by atoms with Gasteiger partial charge < -0.3 is 10.1 Å². The molecule has 0 bridgehead atoms. The first kappa shape index (κ1) is 15.8. The van der Waals surface area contributed by atoms with Crippen LogP contribution < -0.4 is 5.32 Å². The number of rotatable bonds is 6. The molecule has 23 heavy (non-hydrogen) atoms. The van der Waals surface area contributed by atoms with Gasteiger partial charge in [-0.05, 0) is 36.0 Å². The van der Waals surface area contributed by atoms with Crippen LogP contribution in [0.25, 0.3) is 11.1 Å². The van der Waals surface area contributed by atoms with Gasteiger partial charge in [-0.15, -0.1) is 0 Å². The molecule has 1 saturated carbocycles. The summed E-state index contributed by atoms with van der Waals surface area (Å²) >= 11 is 0. The van der Waals surface area contributed by atoms with Gasteiger partial charge in [0.1, 0.15) is 0 Å². The third-order valence-electron chi connectivity index (χ3n) is 4.75. The number of nitrogens with one attached hydrogen (secondary N) is 1. The Morgan fingerprint density at radius 3 is 2.26 bits per heavy atom. The second-order valence-electron chi connectivity index (χ2n) is 6.30. The van der Waals surface area contributed by atoms with Gasteiger partial charge in [0.05, 0.1) is 13.5 Å². The molecule has 120 valence electrons. The zero-order valence-corrected chi connectivity index (χ0v) is 13.5. The van der Waals surface area contributed by atoms with E-state index >= 15 is 0 Å². The second kappa shape index (κ2) is 6.97.